The Balaban J connectivity index is 2.68. The summed E-state index contributed by atoms with van der Waals surface area (Å²) in [6, 6.07) is 3.69. The molecule has 2 rings (SSSR count). The molecule has 0 amide bonds. The Bertz CT molecular complexity index is 700. The van der Waals surface area contributed by atoms with Crippen molar-refractivity contribution in [1.29, 1.82) is 5.26 Å². The average molecular weight is 305 g/mol. The van der Waals surface area contributed by atoms with Gasteiger partial charge in [0.2, 0.25) is 0 Å². The van der Waals surface area contributed by atoms with E-state index < -0.39 is 0 Å². The Hall–Kier alpha value is -2.03. The fourth-order valence-electron chi connectivity index (χ4n) is 2.30. The van der Waals surface area contributed by atoms with E-state index in [0.29, 0.717) is 10.8 Å². The molecule has 2 aromatic rings. The number of rotatable bonds is 4. The number of ether oxygens (including phenoxy) is 1. The van der Waals surface area contributed by atoms with Gasteiger partial charge in [-0.15, -0.1) is 0 Å². The first-order chi connectivity index (χ1) is 9.99. The largest absolute Gasteiger partial charge is 0.496 e. The topological polar surface area (TPSA) is 76.9 Å². The summed E-state index contributed by atoms with van der Waals surface area (Å²) in [5.41, 5.74) is 9.46. The van der Waals surface area contributed by atoms with Gasteiger partial charge in [0.05, 0.1) is 19.4 Å². The molecule has 1 unspecified atom stereocenters. The fraction of sp³-hybridized carbons (Fsp3) is 0.333. The van der Waals surface area contributed by atoms with Crippen LogP contribution in [0.5, 0.6) is 5.75 Å². The van der Waals surface area contributed by atoms with E-state index in [0.717, 1.165) is 22.3 Å². The molecule has 6 heteroatoms. The minimum absolute atomic E-state index is 0.197. The number of halogens is 1. The molecule has 1 aromatic heterocycles. The van der Waals surface area contributed by atoms with Gasteiger partial charge in [0.1, 0.15) is 12.3 Å². The lowest BCUT2D eigenvalue weighted by atomic mass is 9.96. The molecular formula is C15H17ClN4O. The number of nitrogens with zero attached hydrogens (tertiary/aromatic N) is 3. The molecule has 0 saturated heterocycles. The molecule has 1 heterocycles. The maximum Gasteiger partial charge on any atom is 0.131 e. The maximum absolute atomic E-state index is 8.74. The van der Waals surface area contributed by atoms with E-state index in [1.165, 1.54) is 0 Å². The van der Waals surface area contributed by atoms with Gasteiger partial charge in [-0.25, -0.2) is 0 Å². The van der Waals surface area contributed by atoms with Crippen molar-refractivity contribution in [3.8, 4) is 22.9 Å². The highest BCUT2D eigenvalue weighted by Gasteiger charge is 2.20. The number of benzene rings is 1. The van der Waals surface area contributed by atoms with Gasteiger partial charge < -0.3 is 10.5 Å². The number of hydrogen-bond donors (Lipinski definition) is 1. The highest BCUT2D eigenvalue weighted by atomic mass is 35.5. The first-order valence-corrected chi connectivity index (χ1v) is 6.89. The third-order valence-corrected chi connectivity index (χ3v) is 3.75. The van der Waals surface area contributed by atoms with E-state index >= 15 is 0 Å². The lowest BCUT2D eigenvalue weighted by Gasteiger charge is -2.18. The van der Waals surface area contributed by atoms with E-state index in [1.807, 2.05) is 19.9 Å². The van der Waals surface area contributed by atoms with Gasteiger partial charge >= 0.3 is 0 Å². The predicted octanol–water partition coefficient (Wildman–Crippen LogP) is 3.06. The van der Waals surface area contributed by atoms with Crippen LogP contribution in [0, 0.1) is 18.3 Å². The molecule has 0 fully saturated rings. The molecule has 2 N–H and O–H groups in total. The van der Waals surface area contributed by atoms with Crippen LogP contribution in [0.25, 0.3) is 11.1 Å². The summed E-state index contributed by atoms with van der Waals surface area (Å²) in [5.74, 6) is 0.698. The molecule has 1 aromatic carbocycles. The summed E-state index contributed by atoms with van der Waals surface area (Å²) in [6.45, 7) is 4.00. The lowest BCUT2D eigenvalue weighted by molar-refractivity contribution is 0.408. The molecule has 5 nitrogen and oxygen atoms in total. The van der Waals surface area contributed by atoms with Gasteiger partial charge in [0.25, 0.3) is 0 Å². The second-order valence-corrected chi connectivity index (χ2v) is 5.26. The number of methoxy groups -OCH3 is 1. The fourth-order valence-corrected chi connectivity index (χ4v) is 2.51. The molecule has 21 heavy (non-hydrogen) atoms. The summed E-state index contributed by atoms with van der Waals surface area (Å²) in [6.07, 6.45) is 3.50. The van der Waals surface area contributed by atoms with Crippen LogP contribution in [-0.4, -0.2) is 16.9 Å². The first kappa shape index (κ1) is 15.4. The average Bonchev–Trinajstić information content (AvgIpc) is 2.89. The van der Waals surface area contributed by atoms with Gasteiger partial charge in [-0.2, -0.15) is 10.4 Å². The van der Waals surface area contributed by atoms with Crippen molar-refractivity contribution in [2.75, 3.05) is 7.11 Å². The van der Waals surface area contributed by atoms with E-state index in [4.69, 9.17) is 27.3 Å². The van der Waals surface area contributed by atoms with Crippen LogP contribution >= 0.6 is 11.6 Å². The minimum atomic E-state index is -0.203. The monoisotopic (exact) mass is 304 g/mol. The minimum Gasteiger partial charge on any atom is -0.496 e. The van der Waals surface area contributed by atoms with Crippen molar-refractivity contribution in [3.05, 3.63) is 34.6 Å². The normalized spacial score (nSPS) is 12.0. The predicted molar refractivity (Wildman–Crippen MR) is 82.2 cm³/mol. The summed E-state index contributed by atoms with van der Waals surface area (Å²) in [4.78, 5) is 0. The highest BCUT2D eigenvalue weighted by molar-refractivity contribution is 6.32. The van der Waals surface area contributed by atoms with Crippen LogP contribution in [-0.2, 0) is 6.54 Å². The van der Waals surface area contributed by atoms with Crippen molar-refractivity contribution in [2.24, 2.45) is 5.73 Å². The molecular weight excluding hydrogens is 288 g/mol. The Morgan fingerprint density at radius 2 is 2.29 bits per heavy atom. The SMILES string of the molecule is COc1c(C(C)N)cc(Cl)c(C)c1-c1cnn(CC#N)c1. The molecule has 0 saturated carbocycles. The van der Waals surface area contributed by atoms with Crippen LogP contribution < -0.4 is 10.5 Å². The third-order valence-electron chi connectivity index (χ3n) is 3.35. The maximum atomic E-state index is 8.74. The molecule has 110 valence electrons. The summed E-state index contributed by atoms with van der Waals surface area (Å²) >= 11 is 6.32. The van der Waals surface area contributed by atoms with Crippen LogP contribution in [0.4, 0.5) is 0 Å². The highest BCUT2D eigenvalue weighted by Crippen LogP contribution is 2.41. The third kappa shape index (κ3) is 2.87. The number of aromatic nitrogens is 2. The smallest absolute Gasteiger partial charge is 0.131 e. The quantitative estimate of drug-likeness (QED) is 0.941. The van der Waals surface area contributed by atoms with E-state index in [9.17, 15) is 0 Å². The Labute approximate surface area is 128 Å². The molecule has 1 atom stereocenters. The summed E-state index contributed by atoms with van der Waals surface area (Å²) < 4.78 is 7.13. The number of nitrogens with two attached hydrogens (primary N) is 1. The number of nitriles is 1. The van der Waals surface area contributed by atoms with Crippen LogP contribution in [0.3, 0.4) is 0 Å². The van der Waals surface area contributed by atoms with Gasteiger partial charge in [-0.05, 0) is 25.5 Å². The van der Waals surface area contributed by atoms with Crippen LogP contribution in [0.2, 0.25) is 5.02 Å². The summed E-state index contributed by atoms with van der Waals surface area (Å²) in [7, 11) is 1.61. The standard InChI is InChI=1S/C15H17ClN4O/c1-9-13(16)6-12(10(2)18)15(21-3)14(9)11-7-19-20(8-11)5-4-17/h6-8,10H,5,18H2,1-3H3. The summed E-state index contributed by atoms with van der Waals surface area (Å²) in [5, 5.41) is 13.5. The van der Waals surface area contributed by atoms with Gasteiger partial charge in [-0.1, -0.05) is 11.6 Å². The van der Waals surface area contributed by atoms with Crippen molar-refractivity contribution in [2.45, 2.75) is 26.4 Å². The zero-order valence-electron chi connectivity index (χ0n) is 12.2. The molecule has 0 aliphatic heterocycles. The zero-order chi connectivity index (χ0) is 15.6. The second-order valence-electron chi connectivity index (χ2n) is 4.85. The Morgan fingerprint density at radius 1 is 1.57 bits per heavy atom. The molecule has 0 aliphatic rings. The molecule has 0 spiro atoms. The van der Waals surface area contributed by atoms with Gasteiger partial charge in [0.15, 0.2) is 0 Å². The molecule has 0 radical (unpaired) electrons. The van der Waals surface area contributed by atoms with Gasteiger partial charge in [0, 0.05) is 34.0 Å². The Kier molecular flexibility index (Phi) is 4.51. The second kappa shape index (κ2) is 6.17. The van der Waals surface area contributed by atoms with E-state index in [-0.39, 0.29) is 12.6 Å². The van der Waals surface area contributed by atoms with Crippen molar-refractivity contribution < 1.29 is 4.74 Å². The van der Waals surface area contributed by atoms with E-state index in [1.54, 1.807) is 24.2 Å². The van der Waals surface area contributed by atoms with Crippen LogP contribution in [0.15, 0.2) is 18.5 Å². The van der Waals surface area contributed by atoms with Gasteiger partial charge in [-0.3, -0.25) is 4.68 Å². The van der Waals surface area contributed by atoms with Crippen molar-refractivity contribution in [3.63, 3.8) is 0 Å². The lowest BCUT2D eigenvalue weighted by Crippen LogP contribution is -2.08. The van der Waals surface area contributed by atoms with Crippen LogP contribution in [0.1, 0.15) is 24.1 Å². The zero-order valence-corrected chi connectivity index (χ0v) is 13.0. The molecule has 0 aliphatic carbocycles. The van der Waals surface area contributed by atoms with Crippen molar-refractivity contribution in [1.82, 2.24) is 9.78 Å². The van der Waals surface area contributed by atoms with Crippen molar-refractivity contribution >= 4 is 11.6 Å². The first-order valence-electron chi connectivity index (χ1n) is 6.52. The Morgan fingerprint density at radius 3 is 2.86 bits per heavy atom. The number of hydrogen-bond acceptors (Lipinski definition) is 4. The van der Waals surface area contributed by atoms with E-state index in [2.05, 4.69) is 11.2 Å². The molecule has 0 bridgehead atoms.